The van der Waals surface area contributed by atoms with Crippen LogP contribution in [0.4, 0.5) is 0 Å². The van der Waals surface area contributed by atoms with Crippen LogP contribution in [-0.2, 0) is 6.54 Å². The summed E-state index contributed by atoms with van der Waals surface area (Å²) < 4.78 is 1.91. The van der Waals surface area contributed by atoms with Crippen LogP contribution >= 0.6 is 0 Å². The molecule has 2 rings (SSSR count). The van der Waals surface area contributed by atoms with E-state index in [-0.39, 0.29) is 0 Å². The van der Waals surface area contributed by atoms with E-state index in [1.807, 2.05) is 35.2 Å². The van der Waals surface area contributed by atoms with Gasteiger partial charge in [-0.15, -0.1) is 6.58 Å². The number of benzene rings is 1. The molecule has 1 aromatic heterocycles. The van der Waals surface area contributed by atoms with Gasteiger partial charge in [-0.25, -0.2) is 0 Å². The first-order valence-corrected chi connectivity index (χ1v) is 5.01. The summed E-state index contributed by atoms with van der Waals surface area (Å²) in [4.78, 5) is 0. The van der Waals surface area contributed by atoms with Gasteiger partial charge in [0.2, 0.25) is 0 Å². The molecular weight excluding hydrogens is 184 g/mol. The average molecular weight is 198 g/mol. The predicted molar refractivity (Wildman–Crippen MR) is 62.6 cm³/mol. The average Bonchev–Trinajstić information content (AvgIpc) is 2.61. The topological polar surface area (TPSA) is 17.8 Å². The van der Waals surface area contributed by atoms with Crippen LogP contribution in [0.5, 0.6) is 0 Å². The summed E-state index contributed by atoms with van der Waals surface area (Å²) in [6.45, 7) is 6.54. The van der Waals surface area contributed by atoms with E-state index in [0.717, 1.165) is 17.8 Å². The molecule has 0 amide bonds. The largest absolute Gasteiger partial charge is 0.268 e. The van der Waals surface area contributed by atoms with Crippen LogP contribution in [0.15, 0.2) is 49.2 Å². The Hall–Kier alpha value is -1.83. The number of aryl methyl sites for hydroxylation is 1. The van der Waals surface area contributed by atoms with Crippen LogP contribution in [0.2, 0.25) is 0 Å². The summed E-state index contributed by atoms with van der Waals surface area (Å²) in [7, 11) is 0. The molecule has 2 nitrogen and oxygen atoms in total. The zero-order chi connectivity index (χ0) is 10.7. The molecule has 0 aliphatic heterocycles. The van der Waals surface area contributed by atoms with Crippen molar-refractivity contribution in [2.45, 2.75) is 13.5 Å². The lowest BCUT2D eigenvalue weighted by atomic mass is 10.1. The van der Waals surface area contributed by atoms with Gasteiger partial charge in [-0.05, 0) is 12.5 Å². The van der Waals surface area contributed by atoms with E-state index in [1.165, 1.54) is 5.56 Å². The Morgan fingerprint density at radius 3 is 2.73 bits per heavy atom. The molecule has 2 aromatic rings. The minimum atomic E-state index is 0.758. The number of aromatic nitrogens is 2. The van der Waals surface area contributed by atoms with Crippen molar-refractivity contribution in [1.82, 2.24) is 9.78 Å². The van der Waals surface area contributed by atoms with Crippen LogP contribution in [0, 0.1) is 6.92 Å². The fourth-order valence-electron chi connectivity index (χ4n) is 1.63. The van der Waals surface area contributed by atoms with Crippen LogP contribution in [0.25, 0.3) is 11.3 Å². The standard InChI is InChI=1S/C13H14N2/c1-3-9-15-10-11(2)13(14-15)12-7-5-4-6-8-12/h3-8,10H,1,9H2,2H3. The van der Waals surface area contributed by atoms with E-state index >= 15 is 0 Å². The van der Waals surface area contributed by atoms with Crippen LogP contribution in [-0.4, -0.2) is 9.78 Å². The molecule has 76 valence electrons. The van der Waals surface area contributed by atoms with Gasteiger partial charge in [-0.2, -0.15) is 5.10 Å². The summed E-state index contributed by atoms with van der Waals surface area (Å²) in [5, 5.41) is 4.52. The van der Waals surface area contributed by atoms with Crippen LogP contribution in [0.3, 0.4) is 0 Å². The summed E-state index contributed by atoms with van der Waals surface area (Å²) in [6.07, 6.45) is 3.89. The summed E-state index contributed by atoms with van der Waals surface area (Å²) >= 11 is 0. The molecular formula is C13H14N2. The Morgan fingerprint density at radius 1 is 1.33 bits per heavy atom. The molecule has 0 spiro atoms. The van der Waals surface area contributed by atoms with Gasteiger partial charge in [0.15, 0.2) is 0 Å². The maximum absolute atomic E-state index is 4.52. The highest BCUT2D eigenvalue weighted by Crippen LogP contribution is 2.20. The van der Waals surface area contributed by atoms with Gasteiger partial charge in [-0.1, -0.05) is 36.4 Å². The smallest absolute Gasteiger partial charge is 0.0952 e. The Labute approximate surface area is 89.9 Å². The van der Waals surface area contributed by atoms with Crippen molar-refractivity contribution in [3.05, 3.63) is 54.7 Å². The number of nitrogens with zero attached hydrogens (tertiary/aromatic N) is 2. The molecule has 0 unspecified atom stereocenters. The first-order valence-electron chi connectivity index (χ1n) is 5.01. The van der Waals surface area contributed by atoms with Crippen molar-refractivity contribution in [2.75, 3.05) is 0 Å². The highest BCUT2D eigenvalue weighted by Gasteiger charge is 2.05. The highest BCUT2D eigenvalue weighted by molar-refractivity contribution is 5.62. The molecule has 0 aliphatic carbocycles. The predicted octanol–water partition coefficient (Wildman–Crippen LogP) is 3.04. The molecule has 0 saturated heterocycles. The quantitative estimate of drug-likeness (QED) is 0.693. The molecule has 0 atom stereocenters. The first kappa shape index (κ1) is 9.71. The second kappa shape index (κ2) is 4.13. The third-order valence-electron chi connectivity index (χ3n) is 2.31. The fraction of sp³-hybridized carbons (Fsp3) is 0.154. The van der Waals surface area contributed by atoms with E-state index in [1.54, 1.807) is 0 Å². The third kappa shape index (κ3) is 1.99. The Kier molecular flexibility index (Phi) is 2.68. The lowest BCUT2D eigenvalue weighted by Gasteiger charge is -1.97. The van der Waals surface area contributed by atoms with Crippen LogP contribution in [0.1, 0.15) is 5.56 Å². The van der Waals surface area contributed by atoms with Gasteiger partial charge in [0, 0.05) is 11.8 Å². The zero-order valence-electron chi connectivity index (χ0n) is 8.85. The Bertz CT molecular complexity index is 455. The molecule has 0 saturated carbocycles. The van der Waals surface area contributed by atoms with E-state index in [9.17, 15) is 0 Å². The molecule has 15 heavy (non-hydrogen) atoms. The number of allylic oxidation sites excluding steroid dienone is 1. The van der Waals surface area contributed by atoms with Crippen molar-refractivity contribution in [1.29, 1.82) is 0 Å². The van der Waals surface area contributed by atoms with Gasteiger partial charge in [0.05, 0.1) is 12.2 Å². The second-order valence-corrected chi connectivity index (χ2v) is 3.54. The Morgan fingerprint density at radius 2 is 2.07 bits per heavy atom. The number of hydrogen-bond donors (Lipinski definition) is 0. The molecule has 1 heterocycles. The van der Waals surface area contributed by atoms with Gasteiger partial charge in [-0.3, -0.25) is 4.68 Å². The maximum atomic E-state index is 4.52. The van der Waals surface area contributed by atoms with Crippen molar-refractivity contribution in [3.8, 4) is 11.3 Å². The first-order chi connectivity index (χ1) is 7.31. The monoisotopic (exact) mass is 198 g/mol. The minimum absolute atomic E-state index is 0.758. The van der Waals surface area contributed by atoms with Gasteiger partial charge in [0.1, 0.15) is 0 Å². The summed E-state index contributed by atoms with van der Waals surface area (Å²) in [5.74, 6) is 0. The highest BCUT2D eigenvalue weighted by atomic mass is 15.3. The minimum Gasteiger partial charge on any atom is -0.268 e. The van der Waals surface area contributed by atoms with E-state index < -0.39 is 0 Å². The second-order valence-electron chi connectivity index (χ2n) is 3.54. The molecule has 0 bridgehead atoms. The van der Waals surface area contributed by atoms with Gasteiger partial charge in [0.25, 0.3) is 0 Å². The van der Waals surface area contributed by atoms with Crippen LogP contribution < -0.4 is 0 Å². The Balaban J connectivity index is 2.40. The van der Waals surface area contributed by atoms with Gasteiger partial charge < -0.3 is 0 Å². The molecule has 1 aromatic carbocycles. The zero-order valence-corrected chi connectivity index (χ0v) is 8.85. The lowest BCUT2D eigenvalue weighted by Crippen LogP contribution is -1.94. The number of rotatable bonds is 3. The molecule has 0 aliphatic rings. The molecule has 0 N–H and O–H groups in total. The normalized spacial score (nSPS) is 10.2. The fourth-order valence-corrected chi connectivity index (χ4v) is 1.63. The van der Waals surface area contributed by atoms with E-state index in [0.29, 0.717) is 0 Å². The summed E-state index contributed by atoms with van der Waals surface area (Å²) in [5.41, 5.74) is 3.42. The van der Waals surface area contributed by atoms with Gasteiger partial charge >= 0.3 is 0 Å². The van der Waals surface area contributed by atoms with Crippen molar-refractivity contribution >= 4 is 0 Å². The number of hydrogen-bond acceptors (Lipinski definition) is 1. The van der Waals surface area contributed by atoms with Crippen molar-refractivity contribution < 1.29 is 0 Å². The summed E-state index contributed by atoms with van der Waals surface area (Å²) in [6, 6.07) is 10.2. The third-order valence-corrected chi connectivity index (χ3v) is 2.31. The molecule has 0 radical (unpaired) electrons. The lowest BCUT2D eigenvalue weighted by molar-refractivity contribution is 0.705. The molecule has 0 fully saturated rings. The van der Waals surface area contributed by atoms with Crippen molar-refractivity contribution in [2.24, 2.45) is 0 Å². The van der Waals surface area contributed by atoms with E-state index in [4.69, 9.17) is 0 Å². The maximum Gasteiger partial charge on any atom is 0.0952 e. The molecule has 2 heteroatoms. The SMILES string of the molecule is C=CCn1cc(C)c(-c2ccccc2)n1. The van der Waals surface area contributed by atoms with E-state index in [2.05, 4.69) is 30.7 Å². The van der Waals surface area contributed by atoms with Crippen molar-refractivity contribution in [3.63, 3.8) is 0 Å².